The topological polar surface area (TPSA) is 98.7 Å². The molecule has 0 unspecified atom stereocenters. The van der Waals surface area contributed by atoms with Gasteiger partial charge in [0.2, 0.25) is 0 Å². The Labute approximate surface area is 140 Å². The van der Waals surface area contributed by atoms with E-state index in [1.54, 1.807) is 0 Å². The van der Waals surface area contributed by atoms with E-state index >= 15 is 0 Å². The average molecular weight is 330 g/mol. The van der Waals surface area contributed by atoms with Crippen LogP contribution in [0.15, 0.2) is 0 Å². The highest BCUT2D eigenvalue weighted by Crippen LogP contribution is 2.12. The summed E-state index contributed by atoms with van der Waals surface area (Å²) in [7, 11) is 0. The summed E-state index contributed by atoms with van der Waals surface area (Å²) in [5.74, 6) is -0.682. The molecule has 0 radical (unpaired) electrons. The van der Waals surface area contributed by atoms with Crippen molar-refractivity contribution < 1.29 is 19.8 Å². The molecule has 0 rings (SSSR count). The molecule has 6 nitrogen and oxygen atoms in total. The molecule has 0 spiro atoms. The number of carbonyl (C=O) groups is 2. The maximum absolute atomic E-state index is 10.3. The van der Waals surface area contributed by atoms with Gasteiger partial charge in [-0.1, -0.05) is 70.6 Å². The Kier molecular flexibility index (Phi) is 16.1. The minimum Gasteiger partial charge on any atom is -0.481 e. The molecule has 23 heavy (non-hydrogen) atoms. The molecule has 0 aromatic carbocycles. The van der Waals surface area contributed by atoms with Crippen LogP contribution < -0.4 is 10.9 Å². The molecule has 0 fully saturated rings. The van der Waals surface area contributed by atoms with Gasteiger partial charge in [-0.25, -0.2) is 10.2 Å². The second-order valence-corrected chi connectivity index (χ2v) is 6.10. The van der Waals surface area contributed by atoms with Crippen LogP contribution in [0.3, 0.4) is 0 Å². The number of hydrazine groups is 1. The van der Waals surface area contributed by atoms with Gasteiger partial charge >= 0.3 is 12.1 Å². The van der Waals surface area contributed by atoms with Crippen molar-refractivity contribution in [3.05, 3.63) is 0 Å². The van der Waals surface area contributed by atoms with Crippen LogP contribution in [0.2, 0.25) is 0 Å². The van der Waals surface area contributed by atoms with Crippen LogP contribution in [0.1, 0.15) is 89.9 Å². The lowest BCUT2D eigenvalue weighted by atomic mass is 10.0. The van der Waals surface area contributed by atoms with Crippen LogP contribution in [0, 0.1) is 0 Å². The first-order valence-corrected chi connectivity index (χ1v) is 9.06. The van der Waals surface area contributed by atoms with E-state index in [0.717, 1.165) is 32.1 Å². The van der Waals surface area contributed by atoms with Crippen molar-refractivity contribution in [2.75, 3.05) is 6.54 Å². The quantitative estimate of drug-likeness (QED) is 0.235. The Balaban J connectivity index is 3.00. The molecule has 0 saturated carbocycles. The molecule has 0 aliphatic heterocycles. The predicted molar refractivity (Wildman–Crippen MR) is 91.4 cm³/mol. The Morgan fingerprint density at radius 3 is 1.39 bits per heavy atom. The summed E-state index contributed by atoms with van der Waals surface area (Å²) >= 11 is 0. The number of unbranched alkanes of at least 4 members (excludes halogenated alkanes) is 12. The third kappa shape index (κ3) is 20.7. The minimum absolute atomic E-state index is 0.312. The van der Waals surface area contributed by atoms with E-state index in [4.69, 9.17) is 10.2 Å². The largest absolute Gasteiger partial charge is 0.481 e. The van der Waals surface area contributed by atoms with Gasteiger partial charge in [-0.05, 0) is 12.8 Å². The SMILES string of the molecule is O=C(O)CCCCCCCCCCCCCCCNNC(=O)O. The summed E-state index contributed by atoms with van der Waals surface area (Å²) in [5, 5.41) is 16.9. The smallest absolute Gasteiger partial charge is 0.419 e. The first-order chi connectivity index (χ1) is 11.1. The molecule has 0 atom stereocenters. The molecule has 0 aromatic rings. The number of carboxylic acids is 1. The van der Waals surface area contributed by atoms with E-state index < -0.39 is 12.1 Å². The summed E-state index contributed by atoms with van der Waals surface area (Å²) in [6.45, 7) is 0.693. The number of hydrogen-bond acceptors (Lipinski definition) is 3. The highest BCUT2D eigenvalue weighted by molar-refractivity contribution is 5.66. The van der Waals surface area contributed by atoms with Gasteiger partial charge in [0.15, 0.2) is 0 Å². The van der Waals surface area contributed by atoms with Crippen molar-refractivity contribution in [2.24, 2.45) is 0 Å². The van der Waals surface area contributed by atoms with Crippen molar-refractivity contribution in [1.29, 1.82) is 0 Å². The minimum atomic E-state index is -1.04. The summed E-state index contributed by atoms with van der Waals surface area (Å²) in [5.41, 5.74) is 4.79. The predicted octanol–water partition coefficient (Wildman–Crippen LogP) is 4.30. The number of aliphatic carboxylic acids is 1. The van der Waals surface area contributed by atoms with Gasteiger partial charge in [0.25, 0.3) is 0 Å². The first kappa shape index (κ1) is 21.7. The van der Waals surface area contributed by atoms with Crippen LogP contribution >= 0.6 is 0 Å². The molecule has 4 N–H and O–H groups in total. The number of rotatable bonds is 17. The van der Waals surface area contributed by atoms with Gasteiger partial charge in [-0.15, -0.1) is 0 Å². The molecule has 136 valence electrons. The van der Waals surface area contributed by atoms with E-state index in [0.29, 0.717) is 13.0 Å². The Morgan fingerprint density at radius 1 is 0.609 bits per heavy atom. The zero-order valence-corrected chi connectivity index (χ0v) is 14.3. The highest BCUT2D eigenvalue weighted by Gasteiger charge is 1.97. The maximum atomic E-state index is 10.3. The van der Waals surface area contributed by atoms with Gasteiger partial charge in [0.05, 0.1) is 0 Å². The Hall–Kier alpha value is -1.30. The summed E-state index contributed by atoms with van der Waals surface area (Å²) < 4.78 is 0. The van der Waals surface area contributed by atoms with Crippen LogP contribution in [-0.2, 0) is 4.79 Å². The number of hydrogen-bond donors (Lipinski definition) is 4. The van der Waals surface area contributed by atoms with Crippen molar-refractivity contribution in [3.63, 3.8) is 0 Å². The molecule has 0 bridgehead atoms. The molecule has 6 heteroatoms. The summed E-state index contributed by atoms with van der Waals surface area (Å²) in [6.07, 6.45) is 14.6. The third-order valence-electron chi connectivity index (χ3n) is 3.89. The normalized spacial score (nSPS) is 10.6. The van der Waals surface area contributed by atoms with Crippen LogP contribution in [0.4, 0.5) is 4.79 Å². The Bertz CT molecular complexity index is 270. The Morgan fingerprint density at radius 2 is 1.00 bits per heavy atom. The fraction of sp³-hybridized carbons (Fsp3) is 0.882. The molecule has 0 saturated heterocycles. The molecule has 1 amide bonds. The van der Waals surface area contributed by atoms with Gasteiger partial charge in [-0.3, -0.25) is 10.2 Å². The second kappa shape index (κ2) is 17.1. The molecular weight excluding hydrogens is 296 g/mol. The van der Waals surface area contributed by atoms with Crippen LogP contribution in [0.25, 0.3) is 0 Å². The number of amides is 1. The van der Waals surface area contributed by atoms with Crippen LogP contribution in [0.5, 0.6) is 0 Å². The summed E-state index contributed by atoms with van der Waals surface area (Å²) in [4.78, 5) is 20.5. The lowest BCUT2D eigenvalue weighted by Crippen LogP contribution is -2.36. The molecule has 0 aliphatic carbocycles. The fourth-order valence-electron chi connectivity index (χ4n) is 2.57. The molecule has 0 heterocycles. The second-order valence-electron chi connectivity index (χ2n) is 6.10. The van der Waals surface area contributed by atoms with Crippen molar-refractivity contribution in [3.8, 4) is 0 Å². The van der Waals surface area contributed by atoms with Crippen LogP contribution in [-0.4, -0.2) is 28.8 Å². The van der Waals surface area contributed by atoms with E-state index in [1.807, 2.05) is 0 Å². The van der Waals surface area contributed by atoms with Crippen molar-refractivity contribution >= 4 is 12.1 Å². The first-order valence-electron chi connectivity index (χ1n) is 9.06. The van der Waals surface area contributed by atoms with E-state index in [9.17, 15) is 9.59 Å². The van der Waals surface area contributed by atoms with Gasteiger partial charge < -0.3 is 10.2 Å². The number of carboxylic acid groups (broad SMARTS) is 2. The average Bonchev–Trinajstić information content (AvgIpc) is 2.49. The zero-order chi connectivity index (χ0) is 17.2. The standard InChI is InChI=1S/C17H34N2O4/c20-16(21)14-12-10-8-6-4-2-1-3-5-7-9-11-13-15-18-19-17(22)23/h18-19H,1-15H2,(H,20,21)(H,22,23). The summed E-state index contributed by atoms with van der Waals surface area (Å²) in [6, 6.07) is 0. The fourth-order valence-corrected chi connectivity index (χ4v) is 2.57. The molecule has 0 aromatic heterocycles. The lowest BCUT2D eigenvalue weighted by Gasteiger charge is -2.04. The van der Waals surface area contributed by atoms with Crippen molar-refractivity contribution in [2.45, 2.75) is 89.9 Å². The van der Waals surface area contributed by atoms with Gasteiger partial charge in [0, 0.05) is 13.0 Å². The molecule has 0 aliphatic rings. The highest BCUT2D eigenvalue weighted by atomic mass is 16.4. The monoisotopic (exact) mass is 330 g/mol. The lowest BCUT2D eigenvalue weighted by molar-refractivity contribution is -0.137. The third-order valence-corrected chi connectivity index (χ3v) is 3.89. The maximum Gasteiger partial charge on any atom is 0.419 e. The van der Waals surface area contributed by atoms with Gasteiger partial charge in [-0.2, -0.15) is 0 Å². The number of nitrogens with one attached hydrogen (secondary N) is 2. The van der Waals surface area contributed by atoms with E-state index in [1.165, 1.54) is 51.4 Å². The van der Waals surface area contributed by atoms with E-state index in [2.05, 4.69) is 10.9 Å². The van der Waals surface area contributed by atoms with Crippen molar-refractivity contribution in [1.82, 2.24) is 10.9 Å². The van der Waals surface area contributed by atoms with Gasteiger partial charge in [0.1, 0.15) is 0 Å². The van der Waals surface area contributed by atoms with E-state index in [-0.39, 0.29) is 0 Å². The molecular formula is C17H34N2O4. The zero-order valence-electron chi connectivity index (χ0n) is 14.3.